The van der Waals surface area contributed by atoms with Crippen molar-refractivity contribution >= 4 is 0 Å². The normalized spacial score (nSPS) is 17.8. The maximum atomic E-state index is 3.53. The fourth-order valence-corrected chi connectivity index (χ4v) is 2.64. The summed E-state index contributed by atoms with van der Waals surface area (Å²) in [5, 5.41) is 3.53. The van der Waals surface area contributed by atoms with Gasteiger partial charge >= 0.3 is 0 Å². The summed E-state index contributed by atoms with van der Waals surface area (Å²) in [5.74, 6) is 0.748. The molecule has 0 radical (unpaired) electrons. The average molecular weight is 275 g/mol. The Kier molecular flexibility index (Phi) is 6.51. The minimum absolute atomic E-state index is 0.748. The van der Waals surface area contributed by atoms with Gasteiger partial charge in [0.05, 0.1) is 0 Å². The molecular weight excluding hydrogens is 246 g/mol. The largest absolute Gasteiger partial charge is 0.315 e. The van der Waals surface area contributed by atoms with Crippen LogP contribution in [0, 0.1) is 5.92 Å². The first-order chi connectivity index (χ1) is 9.74. The SMILES string of the molecule is CC(C)CNCCN1CCN(Cc2ccccc2)CC1. The van der Waals surface area contributed by atoms with Crippen molar-refractivity contribution in [1.82, 2.24) is 15.1 Å². The molecule has 20 heavy (non-hydrogen) atoms. The Hall–Kier alpha value is -0.900. The smallest absolute Gasteiger partial charge is 0.0234 e. The standard InChI is InChI=1S/C17H29N3/c1-16(2)14-18-8-9-19-10-12-20(13-11-19)15-17-6-4-3-5-7-17/h3-7,16,18H,8-15H2,1-2H3. The Balaban J connectivity index is 1.60. The first-order valence-corrected chi connectivity index (χ1v) is 7.93. The lowest BCUT2D eigenvalue weighted by Crippen LogP contribution is -2.47. The van der Waals surface area contributed by atoms with Crippen molar-refractivity contribution in [1.29, 1.82) is 0 Å². The molecule has 0 atom stereocenters. The van der Waals surface area contributed by atoms with Crippen LogP contribution in [0.5, 0.6) is 0 Å². The number of nitrogens with one attached hydrogen (secondary N) is 1. The molecule has 1 N–H and O–H groups in total. The molecule has 0 bridgehead atoms. The number of hydrogen-bond donors (Lipinski definition) is 1. The number of nitrogens with zero attached hydrogens (tertiary/aromatic N) is 2. The predicted octanol–water partition coefficient (Wildman–Crippen LogP) is 2.05. The lowest BCUT2D eigenvalue weighted by Gasteiger charge is -2.34. The summed E-state index contributed by atoms with van der Waals surface area (Å²) in [6.07, 6.45) is 0. The van der Waals surface area contributed by atoms with E-state index in [1.165, 1.54) is 38.3 Å². The average Bonchev–Trinajstić information content (AvgIpc) is 2.46. The molecule has 1 aliphatic heterocycles. The summed E-state index contributed by atoms with van der Waals surface area (Å²) < 4.78 is 0. The van der Waals surface area contributed by atoms with Gasteiger partial charge in [-0.15, -0.1) is 0 Å². The zero-order valence-electron chi connectivity index (χ0n) is 13.0. The van der Waals surface area contributed by atoms with Gasteiger partial charge in [0.2, 0.25) is 0 Å². The highest BCUT2D eigenvalue weighted by Crippen LogP contribution is 2.07. The van der Waals surface area contributed by atoms with Crippen LogP contribution in [0.1, 0.15) is 19.4 Å². The predicted molar refractivity (Wildman–Crippen MR) is 85.9 cm³/mol. The fraction of sp³-hybridized carbons (Fsp3) is 0.647. The molecule has 1 heterocycles. The van der Waals surface area contributed by atoms with Gasteiger partial charge in [-0.25, -0.2) is 0 Å². The summed E-state index contributed by atoms with van der Waals surface area (Å²) >= 11 is 0. The van der Waals surface area contributed by atoms with Gasteiger partial charge in [0.1, 0.15) is 0 Å². The Bertz CT molecular complexity index is 356. The van der Waals surface area contributed by atoms with Crippen LogP contribution in [-0.2, 0) is 6.54 Å². The topological polar surface area (TPSA) is 18.5 Å². The Labute approximate surface area is 124 Å². The van der Waals surface area contributed by atoms with Crippen LogP contribution in [0.3, 0.4) is 0 Å². The molecule has 0 amide bonds. The number of hydrogen-bond acceptors (Lipinski definition) is 3. The van der Waals surface area contributed by atoms with Crippen molar-refractivity contribution in [2.24, 2.45) is 5.92 Å². The lowest BCUT2D eigenvalue weighted by molar-refractivity contribution is 0.127. The second kappa shape index (κ2) is 8.40. The van der Waals surface area contributed by atoms with E-state index in [-0.39, 0.29) is 0 Å². The van der Waals surface area contributed by atoms with Gasteiger partial charge in [-0.05, 0) is 18.0 Å². The molecule has 0 aromatic heterocycles. The van der Waals surface area contributed by atoms with Crippen molar-refractivity contribution in [3.63, 3.8) is 0 Å². The maximum Gasteiger partial charge on any atom is 0.0234 e. The molecule has 0 aliphatic carbocycles. The monoisotopic (exact) mass is 275 g/mol. The van der Waals surface area contributed by atoms with Crippen LogP contribution in [0.4, 0.5) is 0 Å². The summed E-state index contributed by atoms with van der Waals surface area (Å²) in [7, 11) is 0. The van der Waals surface area contributed by atoms with Crippen LogP contribution < -0.4 is 5.32 Å². The molecule has 1 aromatic rings. The van der Waals surface area contributed by atoms with Gasteiger partial charge in [0, 0.05) is 45.8 Å². The first kappa shape index (κ1) is 15.5. The summed E-state index contributed by atoms with van der Waals surface area (Å²) in [4.78, 5) is 5.14. The zero-order valence-corrected chi connectivity index (χ0v) is 13.0. The minimum atomic E-state index is 0.748. The van der Waals surface area contributed by atoms with E-state index < -0.39 is 0 Å². The molecule has 0 unspecified atom stereocenters. The van der Waals surface area contributed by atoms with Crippen LogP contribution in [0.15, 0.2) is 30.3 Å². The number of benzene rings is 1. The second-order valence-corrected chi connectivity index (χ2v) is 6.20. The zero-order chi connectivity index (χ0) is 14.2. The highest BCUT2D eigenvalue weighted by atomic mass is 15.3. The minimum Gasteiger partial charge on any atom is -0.315 e. The molecule has 0 saturated carbocycles. The molecule has 1 fully saturated rings. The molecule has 1 aromatic carbocycles. The Morgan fingerprint density at radius 2 is 1.65 bits per heavy atom. The summed E-state index contributed by atoms with van der Waals surface area (Å²) in [6, 6.07) is 10.8. The third kappa shape index (κ3) is 5.61. The third-order valence-electron chi connectivity index (χ3n) is 3.87. The van der Waals surface area contributed by atoms with Crippen molar-refractivity contribution in [3.05, 3.63) is 35.9 Å². The number of piperazine rings is 1. The van der Waals surface area contributed by atoms with Crippen LogP contribution in [-0.4, -0.2) is 55.6 Å². The van der Waals surface area contributed by atoms with Gasteiger partial charge in [-0.2, -0.15) is 0 Å². The molecule has 1 aliphatic rings. The maximum absolute atomic E-state index is 3.53. The van der Waals surface area contributed by atoms with E-state index in [9.17, 15) is 0 Å². The highest BCUT2D eigenvalue weighted by Gasteiger charge is 2.16. The molecule has 2 rings (SSSR count). The van der Waals surface area contributed by atoms with Gasteiger partial charge in [-0.3, -0.25) is 9.80 Å². The van der Waals surface area contributed by atoms with Crippen molar-refractivity contribution in [2.75, 3.05) is 45.8 Å². The summed E-state index contributed by atoms with van der Waals surface area (Å²) in [5.41, 5.74) is 1.43. The van der Waals surface area contributed by atoms with E-state index >= 15 is 0 Å². The Morgan fingerprint density at radius 3 is 2.30 bits per heavy atom. The molecule has 1 saturated heterocycles. The highest BCUT2D eigenvalue weighted by molar-refractivity contribution is 5.14. The van der Waals surface area contributed by atoms with E-state index in [1.54, 1.807) is 0 Å². The Morgan fingerprint density at radius 1 is 1.00 bits per heavy atom. The van der Waals surface area contributed by atoms with Gasteiger partial charge in [0.15, 0.2) is 0 Å². The van der Waals surface area contributed by atoms with Gasteiger partial charge < -0.3 is 5.32 Å². The fourth-order valence-electron chi connectivity index (χ4n) is 2.64. The number of rotatable bonds is 7. The van der Waals surface area contributed by atoms with Crippen molar-refractivity contribution in [2.45, 2.75) is 20.4 Å². The van der Waals surface area contributed by atoms with Crippen LogP contribution in [0.25, 0.3) is 0 Å². The molecule has 3 heteroatoms. The van der Waals surface area contributed by atoms with Crippen LogP contribution in [0.2, 0.25) is 0 Å². The van der Waals surface area contributed by atoms with E-state index in [0.29, 0.717) is 0 Å². The molecule has 0 spiro atoms. The lowest BCUT2D eigenvalue weighted by atomic mass is 10.2. The van der Waals surface area contributed by atoms with Crippen LogP contribution >= 0.6 is 0 Å². The second-order valence-electron chi connectivity index (χ2n) is 6.20. The molecule has 112 valence electrons. The van der Waals surface area contributed by atoms with E-state index in [4.69, 9.17) is 0 Å². The van der Waals surface area contributed by atoms with Gasteiger partial charge in [-0.1, -0.05) is 44.2 Å². The van der Waals surface area contributed by atoms with Crippen molar-refractivity contribution < 1.29 is 0 Å². The van der Waals surface area contributed by atoms with E-state index in [0.717, 1.165) is 25.6 Å². The third-order valence-corrected chi connectivity index (χ3v) is 3.87. The summed E-state index contributed by atoms with van der Waals surface area (Å²) in [6.45, 7) is 13.9. The molecule has 3 nitrogen and oxygen atoms in total. The quantitative estimate of drug-likeness (QED) is 0.768. The molecular formula is C17H29N3. The first-order valence-electron chi connectivity index (χ1n) is 7.93. The van der Waals surface area contributed by atoms with E-state index in [2.05, 4.69) is 59.3 Å². The van der Waals surface area contributed by atoms with Crippen molar-refractivity contribution in [3.8, 4) is 0 Å². The van der Waals surface area contributed by atoms with Gasteiger partial charge in [0.25, 0.3) is 0 Å². The van der Waals surface area contributed by atoms with E-state index in [1.807, 2.05) is 0 Å².